The summed E-state index contributed by atoms with van der Waals surface area (Å²) >= 11 is 0. The number of amides is 2. The number of carbonyl (C=O) groups is 2. The molecule has 4 aliphatic carbocycles. The van der Waals surface area contributed by atoms with Crippen molar-refractivity contribution in [3.63, 3.8) is 0 Å². The molecule has 28 heavy (non-hydrogen) atoms. The highest BCUT2D eigenvalue weighted by atomic mass is 16.2. The highest BCUT2D eigenvalue weighted by Gasteiger charge is 2.54. The Bertz CT molecular complexity index is 716. The summed E-state index contributed by atoms with van der Waals surface area (Å²) in [5.41, 5.74) is 1.71. The van der Waals surface area contributed by atoms with Gasteiger partial charge >= 0.3 is 0 Å². The zero-order valence-electron chi connectivity index (χ0n) is 16.6. The third kappa shape index (κ3) is 3.34. The normalized spacial score (nSPS) is 33.7. The van der Waals surface area contributed by atoms with Crippen LogP contribution in [-0.2, 0) is 11.3 Å². The minimum atomic E-state index is -0.0903. The van der Waals surface area contributed by atoms with Crippen molar-refractivity contribution in [2.75, 3.05) is 26.2 Å². The third-order valence-corrected chi connectivity index (χ3v) is 7.58. The first kappa shape index (κ1) is 18.2. The van der Waals surface area contributed by atoms with Gasteiger partial charge in [0.15, 0.2) is 0 Å². The van der Waals surface area contributed by atoms with Crippen LogP contribution >= 0.6 is 0 Å². The van der Waals surface area contributed by atoms with Crippen molar-refractivity contribution in [2.45, 2.75) is 45.1 Å². The molecule has 4 bridgehead atoms. The molecule has 0 spiro atoms. The average molecular weight is 382 g/mol. The molecular formula is C23H31N3O2. The van der Waals surface area contributed by atoms with Crippen molar-refractivity contribution in [3.8, 4) is 0 Å². The van der Waals surface area contributed by atoms with Crippen molar-refractivity contribution in [3.05, 3.63) is 35.4 Å². The Labute approximate surface area is 167 Å². The monoisotopic (exact) mass is 381 g/mol. The Hall–Kier alpha value is -1.88. The summed E-state index contributed by atoms with van der Waals surface area (Å²) < 4.78 is 0. The topological polar surface area (TPSA) is 61.4 Å². The van der Waals surface area contributed by atoms with E-state index in [9.17, 15) is 9.59 Å². The van der Waals surface area contributed by atoms with Crippen LogP contribution in [-0.4, -0.2) is 42.9 Å². The molecule has 2 amide bonds. The first-order valence-electron chi connectivity index (χ1n) is 11.0. The van der Waals surface area contributed by atoms with Gasteiger partial charge in [0.1, 0.15) is 0 Å². The molecule has 1 aromatic carbocycles. The molecule has 5 fully saturated rings. The summed E-state index contributed by atoms with van der Waals surface area (Å²) in [4.78, 5) is 27.5. The molecule has 1 aliphatic heterocycles. The summed E-state index contributed by atoms with van der Waals surface area (Å²) in [6.45, 7) is 3.81. The van der Waals surface area contributed by atoms with Gasteiger partial charge in [-0.2, -0.15) is 0 Å². The number of hydrogen-bond acceptors (Lipinski definition) is 3. The Morgan fingerprint density at radius 3 is 2.11 bits per heavy atom. The van der Waals surface area contributed by atoms with Gasteiger partial charge in [-0.1, -0.05) is 12.1 Å². The predicted octanol–water partition coefficient (Wildman–Crippen LogP) is 2.56. The lowest BCUT2D eigenvalue weighted by molar-refractivity contribution is -0.146. The molecule has 0 aromatic heterocycles. The third-order valence-electron chi connectivity index (χ3n) is 7.58. The van der Waals surface area contributed by atoms with Crippen LogP contribution in [0.1, 0.15) is 54.4 Å². The van der Waals surface area contributed by atoms with Crippen LogP contribution < -0.4 is 10.6 Å². The van der Waals surface area contributed by atoms with Gasteiger partial charge in [-0.15, -0.1) is 0 Å². The standard InChI is InChI=1S/C23H31N3O2/c27-21(26-7-5-24-6-8-26)20-3-1-16(2-4-20)15-25-22(28)23-12-17-9-18(13-23)11-19(10-17)14-23/h1-4,17-19,24H,5-15H2,(H,25,28). The molecule has 5 aliphatic rings. The molecule has 5 heteroatoms. The first-order valence-corrected chi connectivity index (χ1v) is 11.0. The Morgan fingerprint density at radius 1 is 0.964 bits per heavy atom. The van der Waals surface area contributed by atoms with E-state index >= 15 is 0 Å². The van der Waals surface area contributed by atoms with Crippen LogP contribution in [0.15, 0.2) is 24.3 Å². The van der Waals surface area contributed by atoms with Crippen LogP contribution in [0.2, 0.25) is 0 Å². The van der Waals surface area contributed by atoms with E-state index in [4.69, 9.17) is 0 Å². The number of hydrogen-bond donors (Lipinski definition) is 2. The molecular weight excluding hydrogens is 350 g/mol. The van der Waals surface area contributed by atoms with Gasteiger partial charge in [-0.05, 0) is 74.0 Å². The van der Waals surface area contributed by atoms with Crippen LogP contribution in [0.3, 0.4) is 0 Å². The fraction of sp³-hybridized carbons (Fsp3) is 0.652. The van der Waals surface area contributed by atoms with Crippen LogP contribution in [0.25, 0.3) is 0 Å². The fourth-order valence-electron chi connectivity index (χ4n) is 6.57. The largest absolute Gasteiger partial charge is 0.352 e. The molecule has 1 saturated heterocycles. The number of carbonyl (C=O) groups excluding carboxylic acids is 2. The first-order chi connectivity index (χ1) is 13.6. The van der Waals surface area contributed by atoms with Crippen molar-refractivity contribution < 1.29 is 9.59 Å². The zero-order chi connectivity index (χ0) is 19.1. The van der Waals surface area contributed by atoms with Crippen LogP contribution in [0.4, 0.5) is 0 Å². The van der Waals surface area contributed by atoms with Gasteiger partial charge in [-0.25, -0.2) is 0 Å². The Kier molecular flexibility index (Phi) is 4.66. The van der Waals surface area contributed by atoms with E-state index in [1.807, 2.05) is 29.2 Å². The molecule has 0 radical (unpaired) electrons. The van der Waals surface area contributed by atoms with Crippen molar-refractivity contribution >= 4 is 11.8 Å². The van der Waals surface area contributed by atoms with Gasteiger partial charge < -0.3 is 15.5 Å². The van der Waals surface area contributed by atoms with Crippen LogP contribution in [0.5, 0.6) is 0 Å². The molecule has 1 aromatic rings. The minimum Gasteiger partial charge on any atom is -0.352 e. The Balaban J connectivity index is 1.19. The predicted molar refractivity (Wildman–Crippen MR) is 108 cm³/mol. The highest BCUT2D eigenvalue weighted by Crippen LogP contribution is 2.60. The van der Waals surface area contributed by atoms with E-state index < -0.39 is 0 Å². The molecule has 1 heterocycles. The quantitative estimate of drug-likeness (QED) is 0.843. The summed E-state index contributed by atoms with van der Waals surface area (Å²) in [5, 5.41) is 6.50. The lowest BCUT2D eigenvalue weighted by Gasteiger charge is -2.55. The highest BCUT2D eigenvalue weighted by molar-refractivity contribution is 5.94. The van der Waals surface area contributed by atoms with Crippen molar-refractivity contribution in [1.82, 2.24) is 15.5 Å². The van der Waals surface area contributed by atoms with E-state index in [0.29, 0.717) is 6.54 Å². The second-order valence-electron chi connectivity index (χ2n) is 9.62. The van der Waals surface area contributed by atoms with Gasteiger partial charge in [0, 0.05) is 43.7 Å². The maximum absolute atomic E-state index is 13.1. The lowest BCUT2D eigenvalue weighted by atomic mass is 9.49. The second-order valence-corrected chi connectivity index (χ2v) is 9.62. The molecule has 2 N–H and O–H groups in total. The molecule has 4 saturated carbocycles. The van der Waals surface area contributed by atoms with Gasteiger partial charge in [0.25, 0.3) is 5.91 Å². The summed E-state index contributed by atoms with van der Waals surface area (Å²) in [7, 11) is 0. The fourth-order valence-corrected chi connectivity index (χ4v) is 6.57. The SMILES string of the molecule is O=C(c1ccc(CNC(=O)C23CC4CC(CC(C4)C2)C3)cc1)N1CCNCC1. The molecule has 6 rings (SSSR count). The van der Waals surface area contributed by atoms with E-state index in [0.717, 1.165) is 74.3 Å². The van der Waals surface area contributed by atoms with E-state index in [-0.39, 0.29) is 17.2 Å². The van der Waals surface area contributed by atoms with Crippen molar-refractivity contribution in [1.29, 1.82) is 0 Å². The average Bonchev–Trinajstić information content (AvgIpc) is 2.71. The summed E-state index contributed by atoms with van der Waals surface area (Å²) in [6, 6.07) is 7.76. The van der Waals surface area contributed by atoms with Gasteiger partial charge in [0.2, 0.25) is 5.91 Å². The maximum atomic E-state index is 13.1. The van der Waals surface area contributed by atoms with Crippen LogP contribution in [0, 0.1) is 23.2 Å². The maximum Gasteiger partial charge on any atom is 0.253 e. The van der Waals surface area contributed by atoms with Gasteiger partial charge in [0.05, 0.1) is 0 Å². The molecule has 150 valence electrons. The number of nitrogens with one attached hydrogen (secondary N) is 2. The minimum absolute atomic E-state index is 0.0903. The zero-order valence-corrected chi connectivity index (χ0v) is 16.6. The number of benzene rings is 1. The van der Waals surface area contributed by atoms with E-state index in [1.165, 1.54) is 19.3 Å². The number of nitrogens with zero attached hydrogens (tertiary/aromatic N) is 1. The molecule has 0 atom stereocenters. The number of rotatable bonds is 4. The Morgan fingerprint density at radius 2 is 1.54 bits per heavy atom. The van der Waals surface area contributed by atoms with E-state index in [1.54, 1.807) is 0 Å². The summed E-state index contributed by atoms with van der Waals surface area (Å²) in [6.07, 6.45) is 7.37. The smallest absolute Gasteiger partial charge is 0.253 e. The summed E-state index contributed by atoms with van der Waals surface area (Å²) in [5.74, 6) is 2.73. The molecule has 0 unspecified atom stereocenters. The molecule has 5 nitrogen and oxygen atoms in total. The van der Waals surface area contributed by atoms with Gasteiger partial charge in [-0.3, -0.25) is 9.59 Å². The second kappa shape index (κ2) is 7.18. The van der Waals surface area contributed by atoms with E-state index in [2.05, 4.69) is 10.6 Å². The van der Waals surface area contributed by atoms with Crippen molar-refractivity contribution in [2.24, 2.45) is 23.2 Å². The number of piperazine rings is 1. The lowest BCUT2D eigenvalue weighted by Crippen LogP contribution is -2.53.